The molecule has 2 aromatic carbocycles. The molecule has 1 N–H and O–H groups in total. The molecule has 5 heteroatoms. The predicted octanol–water partition coefficient (Wildman–Crippen LogP) is 3.39. The van der Waals surface area contributed by atoms with Crippen LogP contribution >= 0.6 is 0 Å². The molecule has 24 heavy (non-hydrogen) atoms. The number of ether oxygens (including phenoxy) is 2. The number of carbonyl (C=O) groups is 1. The molecule has 0 aromatic heterocycles. The minimum absolute atomic E-state index is 0.0634. The number of hydrogen-bond acceptors (Lipinski definition) is 4. The van der Waals surface area contributed by atoms with Gasteiger partial charge in [0.05, 0.1) is 12.3 Å². The van der Waals surface area contributed by atoms with Gasteiger partial charge in [-0.05, 0) is 45.0 Å². The highest BCUT2D eigenvalue weighted by Gasteiger charge is 2.13. The largest absolute Gasteiger partial charge is 0.490 e. The lowest BCUT2D eigenvalue weighted by molar-refractivity contribution is -0.127. The normalized spacial score (nSPS) is 12.2. The first-order valence-corrected chi connectivity index (χ1v) is 7.86. The van der Waals surface area contributed by atoms with Crippen LogP contribution in [0.3, 0.4) is 0 Å². The Morgan fingerprint density at radius 1 is 1.00 bits per heavy atom. The van der Waals surface area contributed by atoms with Crippen LogP contribution in [0.2, 0.25) is 0 Å². The van der Waals surface area contributed by atoms with E-state index in [0.717, 1.165) is 11.3 Å². The van der Waals surface area contributed by atoms with E-state index in [2.05, 4.69) is 10.5 Å². The van der Waals surface area contributed by atoms with Gasteiger partial charge in [0.15, 0.2) is 6.10 Å². The van der Waals surface area contributed by atoms with Crippen molar-refractivity contribution in [3.05, 3.63) is 60.2 Å². The number of para-hydroxylation sites is 2. The van der Waals surface area contributed by atoms with Gasteiger partial charge in [-0.3, -0.25) is 4.79 Å². The van der Waals surface area contributed by atoms with Crippen LogP contribution in [0, 0.1) is 0 Å². The molecule has 0 saturated carbocycles. The molecule has 0 saturated heterocycles. The third kappa shape index (κ3) is 5.43. The van der Waals surface area contributed by atoms with Gasteiger partial charge >= 0.3 is 0 Å². The Balaban J connectivity index is 1.92. The summed E-state index contributed by atoms with van der Waals surface area (Å²) >= 11 is 0. The average molecular weight is 326 g/mol. The molecule has 0 heterocycles. The Labute approximate surface area is 142 Å². The number of nitrogens with one attached hydrogen (secondary N) is 1. The maximum Gasteiger partial charge on any atom is 0.280 e. The third-order valence-electron chi connectivity index (χ3n) is 3.09. The molecule has 0 aliphatic carbocycles. The highest BCUT2D eigenvalue weighted by molar-refractivity contribution is 5.86. The molecule has 0 fully saturated rings. The number of hydrogen-bond donors (Lipinski definition) is 1. The lowest BCUT2D eigenvalue weighted by Crippen LogP contribution is -2.33. The van der Waals surface area contributed by atoms with Gasteiger partial charge in [-0.15, -0.1) is 0 Å². The lowest BCUT2D eigenvalue weighted by Gasteiger charge is -2.13. The van der Waals surface area contributed by atoms with E-state index < -0.39 is 6.10 Å². The summed E-state index contributed by atoms with van der Waals surface area (Å²) in [5.74, 6) is 1.04. The molecule has 0 bridgehead atoms. The summed E-state index contributed by atoms with van der Waals surface area (Å²) < 4.78 is 11.2. The Morgan fingerprint density at radius 3 is 2.38 bits per heavy atom. The number of nitrogens with zero attached hydrogens (tertiary/aromatic N) is 1. The third-order valence-corrected chi connectivity index (χ3v) is 3.09. The molecule has 126 valence electrons. The molecule has 0 aliphatic rings. The summed E-state index contributed by atoms with van der Waals surface area (Å²) in [5, 5.41) is 3.99. The Kier molecular flexibility index (Phi) is 6.37. The average Bonchev–Trinajstić information content (AvgIpc) is 2.56. The van der Waals surface area contributed by atoms with Gasteiger partial charge in [0.2, 0.25) is 0 Å². The van der Waals surface area contributed by atoms with Crippen LogP contribution in [0.4, 0.5) is 0 Å². The van der Waals surface area contributed by atoms with Gasteiger partial charge in [-0.1, -0.05) is 30.3 Å². The minimum atomic E-state index is -0.647. The Morgan fingerprint density at radius 2 is 1.67 bits per heavy atom. The number of hydrazone groups is 1. The topological polar surface area (TPSA) is 59.9 Å². The number of carbonyl (C=O) groups excluding carboxylic acids is 1. The van der Waals surface area contributed by atoms with Crippen molar-refractivity contribution in [3.8, 4) is 11.5 Å². The summed E-state index contributed by atoms with van der Waals surface area (Å²) in [6, 6.07) is 16.7. The van der Waals surface area contributed by atoms with Crippen LogP contribution < -0.4 is 14.9 Å². The lowest BCUT2D eigenvalue weighted by atomic mass is 10.2. The van der Waals surface area contributed by atoms with Crippen LogP contribution in [0.1, 0.15) is 26.3 Å². The fourth-order valence-corrected chi connectivity index (χ4v) is 1.96. The maximum atomic E-state index is 12.0. The molecule has 1 unspecified atom stereocenters. The first-order chi connectivity index (χ1) is 11.6. The van der Waals surface area contributed by atoms with Crippen molar-refractivity contribution >= 4 is 12.1 Å². The molecular formula is C19H22N2O3. The standard InChI is InChI=1S/C19H22N2O3/c1-14(2)23-18-12-8-7-9-16(18)13-20-21-19(22)15(3)24-17-10-5-4-6-11-17/h4-15H,1-3H3,(H,21,22)/b20-13-. The van der Waals surface area contributed by atoms with Crippen molar-refractivity contribution in [2.45, 2.75) is 33.0 Å². The molecule has 1 amide bonds. The predicted molar refractivity (Wildman–Crippen MR) is 94.5 cm³/mol. The second-order valence-corrected chi connectivity index (χ2v) is 5.51. The van der Waals surface area contributed by atoms with E-state index in [4.69, 9.17) is 9.47 Å². The van der Waals surface area contributed by atoms with Crippen molar-refractivity contribution in [1.82, 2.24) is 5.43 Å². The zero-order valence-corrected chi connectivity index (χ0v) is 14.1. The van der Waals surface area contributed by atoms with Gasteiger partial charge in [0, 0.05) is 5.56 Å². The quantitative estimate of drug-likeness (QED) is 0.627. The van der Waals surface area contributed by atoms with Gasteiger partial charge < -0.3 is 9.47 Å². The molecule has 0 radical (unpaired) electrons. The van der Waals surface area contributed by atoms with Crippen molar-refractivity contribution in [2.24, 2.45) is 5.10 Å². The maximum absolute atomic E-state index is 12.0. The number of rotatable bonds is 7. The first-order valence-electron chi connectivity index (χ1n) is 7.86. The van der Waals surface area contributed by atoms with Crippen molar-refractivity contribution < 1.29 is 14.3 Å². The SMILES string of the molecule is CC(C)Oc1ccccc1/C=N\NC(=O)C(C)Oc1ccccc1. The van der Waals surface area contributed by atoms with E-state index in [9.17, 15) is 4.79 Å². The van der Waals surface area contributed by atoms with Gasteiger partial charge in [0.1, 0.15) is 11.5 Å². The zero-order valence-electron chi connectivity index (χ0n) is 14.1. The van der Waals surface area contributed by atoms with Crippen LogP contribution in [-0.4, -0.2) is 24.3 Å². The molecule has 1 atom stereocenters. The highest BCUT2D eigenvalue weighted by Crippen LogP contribution is 2.17. The summed E-state index contributed by atoms with van der Waals surface area (Å²) in [6.45, 7) is 5.59. The zero-order chi connectivity index (χ0) is 17.4. The van der Waals surface area contributed by atoms with E-state index >= 15 is 0 Å². The summed E-state index contributed by atoms with van der Waals surface area (Å²) in [7, 11) is 0. The van der Waals surface area contributed by atoms with Crippen LogP contribution in [-0.2, 0) is 4.79 Å². The number of amides is 1. The summed E-state index contributed by atoms with van der Waals surface area (Å²) in [6.07, 6.45) is 0.977. The van der Waals surface area contributed by atoms with E-state index in [1.807, 2.05) is 56.3 Å². The van der Waals surface area contributed by atoms with Crippen molar-refractivity contribution in [3.63, 3.8) is 0 Å². The van der Waals surface area contributed by atoms with Crippen molar-refractivity contribution in [1.29, 1.82) is 0 Å². The van der Waals surface area contributed by atoms with Gasteiger partial charge in [0.25, 0.3) is 5.91 Å². The van der Waals surface area contributed by atoms with Gasteiger partial charge in [-0.2, -0.15) is 5.10 Å². The highest BCUT2D eigenvalue weighted by atomic mass is 16.5. The Bertz CT molecular complexity index is 684. The Hall–Kier alpha value is -2.82. The van der Waals surface area contributed by atoms with E-state index in [-0.39, 0.29) is 12.0 Å². The molecule has 0 spiro atoms. The second-order valence-electron chi connectivity index (χ2n) is 5.51. The smallest absolute Gasteiger partial charge is 0.280 e. The molecule has 0 aliphatic heterocycles. The van der Waals surface area contributed by atoms with E-state index in [1.54, 1.807) is 25.3 Å². The monoisotopic (exact) mass is 326 g/mol. The van der Waals surface area contributed by atoms with Gasteiger partial charge in [-0.25, -0.2) is 5.43 Å². The van der Waals surface area contributed by atoms with E-state index in [0.29, 0.717) is 5.75 Å². The summed E-state index contributed by atoms with van der Waals surface area (Å²) in [5.41, 5.74) is 3.28. The van der Waals surface area contributed by atoms with Crippen LogP contribution in [0.25, 0.3) is 0 Å². The molecular weight excluding hydrogens is 304 g/mol. The minimum Gasteiger partial charge on any atom is -0.490 e. The molecule has 2 rings (SSSR count). The number of benzene rings is 2. The van der Waals surface area contributed by atoms with Crippen LogP contribution in [0.15, 0.2) is 59.7 Å². The fraction of sp³-hybridized carbons (Fsp3) is 0.263. The van der Waals surface area contributed by atoms with Crippen LogP contribution in [0.5, 0.6) is 11.5 Å². The second kappa shape index (κ2) is 8.72. The summed E-state index contributed by atoms with van der Waals surface area (Å²) in [4.78, 5) is 12.0. The fourth-order valence-electron chi connectivity index (χ4n) is 1.96. The van der Waals surface area contributed by atoms with E-state index in [1.165, 1.54) is 0 Å². The first kappa shape index (κ1) is 17.5. The van der Waals surface area contributed by atoms with Crippen molar-refractivity contribution in [2.75, 3.05) is 0 Å². The molecule has 2 aromatic rings. The molecule has 5 nitrogen and oxygen atoms in total.